The molecule has 0 aliphatic carbocycles. The van der Waals surface area contributed by atoms with Crippen molar-refractivity contribution in [2.24, 2.45) is 5.92 Å². The molecule has 1 unspecified atom stereocenters. The molecule has 4 rings (SSSR count). The molecule has 1 atom stereocenters. The summed E-state index contributed by atoms with van der Waals surface area (Å²) < 4.78 is 13.3. The van der Waals surface area contributed by atoms with Crippen LogP contribution in [-0.4, -0.2) is 57.8 Å². The van der Waals surface area contributed by atoms with Crippen LogP contribution in [0.4, 0.5) is 0 Å². The maximum atomic E-state index is 12.4. The highest BCUT2D eigenvalue weighted by atomic mass is 16.5. The zero-order valence-corrected chi connectivity index (χ0v) is 17.1. The highest BCUT2D eigenvalue weighted by molar-refractivity contribution is 5.81. The van der Waals surface area contributed by atoms with E-state index in [9.17, 15) is 4.79 Å². The number of nitrogens with zero attached hydrogens (tertiary/aromatic N) is 4. The topological polar surface area (TPSA) is 69.0 Å². The van der Waals surface area contributed by atoms with Crippen molar-refractivity contribution in [3.63, 3.8) is 0 Å². The molecule has 28 heavy (non-hydrogen) atoms. The highest BCUT2D eigenvalue weighted by Gasteiger charge is 2.31. The van der Waals surface area contributed by atoms with Crippen LogP contribution >= 0.6 is 0 Å². The fourth-order valence-corrected chi connectivity index (χ4v) is 3.80. The fourth-order valence-electron chi connectivity index (χ4n) is 3.80. The molecule has 0 saturated carbocycles. The van der Waals surface area contributed by atoms with Gasteiger partial charge < -0.3 is 14.4 Å². The Balaban J connectivity index is 1.29. The number of carbonyl (C=O) groups is 1. The molecule has 2 aliphatic heterocycles. The lowest BCUT2D eigenvalue weighted by atomic mass is 9.93. The average molecular weight is 386 g/mol. The van der Waals surface area contributed by atoms with Gasteiger partial charge in [-0.3, -0.25) is 4.79 Å². The Morgan fingerprint density at radius 3 is 2.71 bits per heavy atom. The minimum atomic E-state index is -0.211. The molecule has 0 radical (unpaired) electrons. The van der Waals surface area contributed by atoms with Gasteiger partial charge in [0.1, 0.15) is 6.10 Å². The lowest BCUT2D eigenvalue weighted by molar-refractivity contribution is -0.142. The maximum Gasteiger partial charge on any atom is 0.251 e. The Morgan fingerprint density at radius 1 is 1.25 bits per heavy atom. The first-order chi connectivity index (χ1) is 13.4. The van der Waals surface area contributed by atoms with Gasteiger partial charge in [0.05, 0.1) is 18.5 Å². The van der Waals surface area contributed by atoms with Gasteiger partial charge in [0.2, 0.25) is 5.88 Å². The number of aromatic nitrogens is 3. The standard InChI is InChI=1S/C21H30N4O3/c1-21(2,3)17-13-25-18(22-17)6-7-19(23-25)28-14-15-8-10-24(11-9-15)20(26)16-5-4-12-27-16/h6-7,13,15-16H,4-5,8-12,14H2,1-3H3. The molecular weight excluding hydrogens is 356 g/mol. The molecule has 2 aromatic rings. The first-order valence-electron chi connectivity index (χ1n) is 10.3. The molecule has 152 valence electrons. The summed E-state index contributed by atoms with van der Waals surface area (Å²) in [5, 5.41) is 4.54. The zero-order chi connectivity index (χ0) is 19.7. The van der Waals surface area contributed by atoms with Crippen LogP contribution in [0, 0.1) is 5.92 Å². The minimum absolute atomic E-state index is 0.0103. The van der Waals surface area contributed by atoms with Crippen LogP contribution in [0.3, 0.4) is 0 Å². The summed E-state index contributed by atoms with van der Waals surface area (Å²) in [6.07, 6.45) is 5.53. The normalized spacial score (nSPS) is 21.4. The minimum Gasteiger partial charge on any atom is -0.476 e. The molecule has 2 fully saturated rings. The predicted molar refractivity (Wildman–Crippen MR) is 105 cm³/mol. The van der Waals surface area contributed by atoms with E-state index in [2.05, 4.69) is 30.9 Å². The number of piperidine rings is 1. The van der Waals surface area contributed by atoms with E-state index in [1.165, 1.54) is 0 Å². The summed E-state index contributed by atoms with van der Waals surface area (Å²) in [6, 6.07) is 3.82. The summed E-state index contributed by atoms with van der Waals surface area (Å²) in [4.78, 5) is 19.0. The number of likely N-dealkylation sites (tertiary alicyclic amines) is 1. The third kappa shape index (κ3) is 4.14. The van der Waals surface area contributed by atoms with E-state index in [0.717, 1.165) is 50.1 Å². The number of fused-ring (bicyclic) bond motifs is 1. The second kappa shape index (κ2) is 7.70. The van der Waals surface area contributed by atoms with Crippen molar-refractivity contribution in [1.29, 1.82) is 0 Å². The molecule has 7 nitrogen and oxygen atoms in total. The maximum absolute atomic E-state index is 12.4. The molecule has 7 heteroatoms. The predicted octanol–water partition coefficient (Wildman–Crippen LogP) is 2.82. The number of rotatable bonds is 4. The van der Waals surface area contributed by atoms with E-state index in [1.807, 2.05) is 23.2 Å². The molecule has 2 aromatic heterocycles. The zero-order valence-electron chi connectivity index (χ0n) is 17.1. The summed E-state index contributed by atoms with van der Waals surface area (Å²) in [5.74, 6) is 1.22. The Morgan fingerprint density at radius 2 is 2.04 bits per heavy atom. The van der Waals surface area contributed by atoms with Crippen molar-refractivity contribution in [2.45, 2.75) is 58.0 Å². The van der Waals surface area contributed by atoms with Crippen molar-refractivity contribution in [3.05, 3.63) is 24.0 Å². The smallest absolute Gasteiger partial charge is 0.251 e. The van der Waals surface area contributed by atoms with Gasteiger partial charge in [-0.05, 0) is 37.7 Å². The number of hydrogen-bond acceptors (Lipinski definition) is 5. The second-order valence-corrected chi connectivity index (χ2v) is 8.93. The van der Waals surface area contributed by atoms with Gasteiger partial charge in [0, 0.05) is 31.2 Å². The van der Waals surface area contributed by atoms with Gasteiger partial charge in [-0.15, -0.1) is 5.10 Å². The first-order valence-corrected chi connectivity index (χ1v) is 10.3. The van der Waals surface area contributed by atoms with Crippen LogP contribution in [0.5, 0.6) is 5.88 Å². The number of imidazole rings is 1. The lowest BCUT2D eigenvalue weighted by Gasteiger charge is -2.33. The van der Waals surface area contributed by atoms with Gasteiger partial charge >= 0.3 is 0 Å². The molecule has 0 spiro atoms. The van der Waals surface area contributed by atoms with Crippen LogP contribution in [-0.2, 0) is 14.9 Å². The first kappa shape index (κ1) is 19.2. The molecule has 0 aromatic carbocycles. The summed E-state index contributed by atoms with van der Waals surface area (Å²) in [6.45, 7) is 9.34. The molecule has 0 N–H and O–H groups in total. The average Bonchev–Trinajstić information content (AvgIpc) is 3.35. The molecule has 1 amide bonds. The molecular formula is C21H30N4O3. The van der Waals surface area contributed by atoms with E-state index in [0.29, 0.717) is 25.0 Å². The Bertz CT molecular complexity index is 828. The van der Waals surface area contributed by atoms with Crippen LogP contribution in [0.2, 0.25) is 0 Å². The Hall–Kier alpha value is -2.15. The molecule has 2 aliphatic rings. The number of amides is 1. The third-order valence-corrected chi connectivity index (χ3v) is 5.66. The third-order valence-electron chi connectivity index (χ3n) is 5.66. The van der Waals surface area contributed by atoms with E-state index < -0.39 is 0 Å². The van der Waals surface area contributed by atoms with Gasteiger partial charge in [-0.1, -0.05) is 20.8 Å². The van der Waals surface area contributed by atoms with Crippen LogP contribution < -0.4 is 4.74 Å². The summed E-state index contributed by atoms with van der Waals surface area (Å²) in [5.41, 5.74) is 1.84. The summed E-state index contributed by atoms with van der Waals surface area (Å²) in [7, 11) is 0. The fraction of sp³-hybridized carbons (Fsp3) is 0.667. The van der Waals surface area contributed by atoms with Crippen molar-refractivity contribution < 1.29 is 14.3 Å². The van der Waals surface area contributed by atoms with E-state index >= 15 is 0 Å². The Kier molecular flexibility index (Phi) is 5.27. The van der Waals surface area contributed by atoms with Crippen LogP contribution in [0.15, 0.2) is 18.3 Å². The second-order valence-electron chi connectivity index (χ2n) is 8.93. The van der Waals surface area contributed by atoms with Crippen molar-refractivity contribution in [1.82, 2.24) is 19.5 Å². The van der Waals surface area contributed by atoms with Crippen molar-refractivity contribution in [3.8, 4) is 5.88 Å². The SMILES string of the molecule is CC(C)(C)c1cn2nc(OCC3CCN(C(=O)C4CCCO4)CC3)ccc2n1. The molecule has 2 saturated heterocycles. The van der Waals surface area contributed by atoms with Crippen molar-refractivity contribution in [2.75, 3.05) is 26.3 Å². The van der Waals surface area contributed by atoms with E-state index in [-0.39, 0.29) is 17.4 Å². The van der Waals surface area contributed by atoms with E-state index in [1.54, 1.807) is 4.52 Å². The quantitative estimate of drug-likeness (QED) is 0.808. The van der Waals surface area contributed by atoms with Gasteiger partial charge in [-0.25, -0.2) is 9.50 Å². The van der Waals surface area contributed by atoms with Crippen molar-refractivity contribution >= 4 is 11.6 Å². The van der Waals surface area contributed by atoms with Crippen LogP contribution in [0.25, 0.3) is 5.65 Å². The number of carbonyl (C=O) groups excluding carboxylic acids is 1. The van der Waals surface area contributed by atoms with E-state index in [4.69, 9.17) is 9.47 Å². The number of ether oxygens (including phenoxy) is 2. The highest BCUT2D eigenvalue weighted by Crippen LogP contribution is 2.24. The molecule has 0 bridgehead atoms. The van der Waals surface area contributed by atoms with Gasteiger partial charge in [0.25, 0.3) is 5.91 Å². The number of hydrogen-bond donors (Lipinski definition) is 0. The monoisotopic (exact) mass is 386 g/mol. The summed E-state index contributed by atoms with van der Waals surface area (Å²) >= 11 is 0. The molecule has 4 heterocycles. The van der Waals surface area contributed by atoms with Crippen LogP contribution in [0.1, 0.15) is 52.1 Å². The Labute approximate surface area is 166 Å². The van der Waals surface area contributed by atoms with Gasteiger partial charge in [0.15, 0.2) is 5.65 Å². The lowest BCUT2D eigenvalue weighted by Crippen LogP contribution is -2.44. The van der Waals surface area contributed by atoms with Gasteiger partial charge in [-0.2, -0.15) is 0 Å². The largest absolute Gasteiger partial charge is 0.476 e.